The molecule has 23 heavy (non-hydrogen) atoms. The van der Waals surface area contributed by atoms with Crippen molar-refractivity contribution in [2.24, 2.45) is 0 Å². The van der Waals surface area contributed by atoms with Gasteiger partial charge in [0, 0.05) is 5.69 Å². The van der Waals surface area contributed by atoms with Crippen LogP contribution in [-0.4, -0.2) is 17.9 Å². The molecule has 0 aliphatic rings. The van der Waals surface area contributed by atoms with Crippen LogP contribution in [0.1, 0.15) is 28.4 Å². The van der Waals surface area contributed by atoms with E-state index in [1.54, 1.807) is 31.2 Å². The molecule has 0 heterocycles. The van der Waals surface area contributed by atoms with Gasteiger partial charge in [-0.05, 0) is 50.1 Å². The zero-order valence-corrected chi connectivity index (χ0v) is 14.1. The average Bonchev–Trinajstić information content (AvgIpc) is 2.52. The molecule has 0 aliphatic heterocycles. The molecule has 120 valence electrons. The van der Waals surface area contributed by atoms with E-state index < -0.39 is 6.04 Å². The molecule has 0 aliphatic carbocycles. The first-order valence-electron chi connectivity index (χ1n) is 7.32. The van der Waals surface area contributed by atoms with Crippen molar-refractivity contribution in [3.8, 4) is 0 Å². The molecule has 0 radical (unpaired) electrons. The molecule has 2 aromatic rings. The van der Waals surface area contributed by atoms with E-state index >= 15 is 0 Å². The molecule has 4 nitrogen and oxygen atoms in total. The summed E-state index contributed by atoms with van der Waals surface area (Å²) in [6, 6.07) is 11.7. The molecule has 2 rings (SSSR count). The summed E-state index contributed by atoms with van der Waals surface area (Å²) < 4.78 is 0. The van der Waals surface area contributed by atoms with E-state index in [9.17, 15) is 9.59 Å². The van der Waals surface area contributed by atoms with Crippen molar-refractivity contribution in [3.63, 3.8) is 0 Å². The fourth-order valence-electron chi connectivity index (χ4n) is 2.11. The molecule has 0 spiro atoms. The lowest BCUT2D eigenvalue weighted by Gasteiger charge is -2.16. The number of anilines is 1. The number of aryl methyl sites for hydroxylation is 1. The Bertz CT molecular complexity index is 744. The van der Waals surface area contributed by atoms with Crippen molar-refractivity contribution in [1.29, 1.82) is 0 Å². The number of nitrogens with one attached hydrogen (secondary N) is 2. The predicted octanol–water partition coefficient (Wildman–Crippen LogP) is 3.71. The van der Waals surface area contributed by atoms with Crippen molar-refractivity contribution < 1.29 is 9.59 Å². The Hall–Kier alpha value is -2.33. The molecule has 2 N–H and O–H groups in total. The van der Waals surface area contributed by atoms with Gasteiger partial charge in [-0.25, -0.2) is 0 Å². The molecule has 2 aromatic carbocycles. The molecular weight excluding hydrogens is 312 g/mol. The van der Waals surface area contributed by atoms with Crippen LogP contribution < -0.4 is 10.6 Å². The number of amides is 2. The summed E-state index contributed by atoms with van der Waals surface area (Å²) in [6.07, 6.45) is 0. The Morgan fingerprint density at radius 1 is 1.04 bits per heavy atom. The molecule has 1 unspecified atom stereocenters. The van der Waals surface area contributed by atoms with Crippen LogP contribution in [0.5, 0.6) is 0 Å². The number of carbonyl (C=O) groups is 2. The third-order valence-corrected chi connectivity index (χ3v) is 4.05. The van der Waals surface area contributed by atoms with Crippen molar-refractivity contribution in [2.45, 2.75) is 26.8 Å². The van der Waals surface area contributed by atoms with Gasteiger partial charge in [0.25, 0.3) is 5.91 Å². The second-order valence-electron chi connectivity index (χ2n) is 5.41. The minimum Gasteiger partial charge on any atom is -0.340 e. The summed E-state index contributed by atoms with van der Waals surface area (Å²) in [5.41, 5.74) is 3.19. The molecule has 5 heteroatoms. The fourth-order valence-corrected chi connectivity index (χ4v) is 2.33. The maximum absolute atomic E-state index is 12.3. The highest BCUT2D eigenvalue weighted by Crippen LogP contribution is 2.18. The summed E-state index contributed by atoms with van der Waals surface area (Å²) in [6.45, 7) is 5.56. The Morgan fingerprint density at radius 2 is 1.74 bits per heavy atom. The normalized spacial score (nSPS) is 11.7. The van der Waals surface area contributed by atoms with Gasteiger partial charge in [-0.15, -0.1) is 0 Å². The largest absolute Gasteiger partial charge is 0.340 e. The van der Waals surface area contributed by atoms with Crippen LogP contribution in [0, 0.1) is 13.8 Å². The topological polar surface area (TPSA) is 58.2 Å². The molecular formula is C18H19ClN2O2. The van der Waals surface area contributed by atoms with Gasteiger partial charge in [-0.2, -0.15) is 0 Å². The average molecular weight is 331 g/mol. The fraction of sp³-hybridized carbons (Fsp3) is 0.222. The van der Waals surface area contributed by atoms with E-state index in [2.05, 4.69) is 10.6 Å². The second kappa shape index (κ2) is 7.29. The van der Waals surface area contributed by atoms with Crippen molar-refractivity contribution in [2.75, 3.05) is 5.32 Å². The number of rotatable bonds is 4. The third-order valence-electron chi connectivity index (χ3n) is 3.72. The van der Waals surface area contributed by atoms with Gasteiger partial charge in [0.15, 0.2) is 0 Å². The van der Waals surface area contributed by atoms with Crippen LogP contribution in [0.4, 0.5) is 5.69 Å². The lowest BCUT2D eigenvalue weighted by atomic mass is 10.1. The first kappa shape index (κ1) is 17.0. The van der Waals surface area contributed by atoms with E-state index in [1.807, 2.05) is 32.0 Å². The zero-order chi connectivity index (χ0) is 17.0. The van der Waals surface area contributed by atoms with Crippen molar-refractivity contribution >= 4 is 29.1 Å². The highest BCUT2D eigenvalue weighted by atomic mass is 35.5. The summed E-state index contributed by atoms with van der Waals surface area (Å²) in [7, 11) is 0. The van der Waals surface area contributed by atoms with Crippen LogP contribution >= 0.6 is 11.6 Å². The van der Waals surface area contributed by atoms with Gasteiger partial charge in [-0.3, -0.25) is 9.59 Å². The summed E-state index contributed by atoms with van der Waals surface area (Å²) in [5, 5.41) is 5.85. The second-order valence-corrected chi connectivity index (χ2v) is 5.82. The first-order chi connectivity index (χ1) is 10.9. The Balaban J connectivity index is 2.04. The van der Waals surface area contributed by atoms with Crippen molar-refractivity contribution in [1.82, 2.24) is 5.32 Å². The zero-order valence-electron chi connectivity index (χ0n) is 13.3. The number of halogens is 1. The highest BCUT2D eigenvalue weighted by molar-refractivity contribution is 6.33. The molecule has 1 atom stereocenters. The van der Waals surface area contributed by atoms with Crippen LogP contribution in [0.3, 0.4) is 0 Å². The smallest absolute Gasteiger partial charge is 0.253 e. The van der Waals surface area contributed by atoms with Gasteiger partial charge in [-0.1, -0.05) is 35.9 Å². The SMILES string of the molecule is Cc1cccc(NC(=O)C(C)NC(=O)c2ccccc2Cl)c1C. The van der Waals surface area contributed by atoms with Crippen LogP contribution in [0.2, 0.25) is 5.02 Å². The van der Waals surface area contributed by atoms with Crippen LogP contribution in [-0.2, 0) is 4.79 Å². The van der Waals surface area contributed by atoms with E-state index in [1.165, 1.54) is 0 Å². The Kier molecular flexibility index (Phi) is 5.40. The third kappa shape index (κ3) is 4.11. The highest BCUT2D eigenvalue weighted by Gasteiger charge is 2.18. The quantitative estimate of drug-likeness (QED) is 0.897. The maximum atomic E-state index is 12.3. The summed E-state index contributed by atoms with van der Waals surface area (Å²) in [5.74, 6) is -0.654. The molecule has 0 saturated carbocycles. The lowest BCUT2D eigenvalue weighted by Crippen LogP contribution is -2.41. The van der Waals surface area contributed by atoms with Gasteiger partial charge < -0.3 is 10.6 Å². The van der Waals surface area contributed by atoms with E-state index in [-0.39, 0.29) is 11.8 Å². The maximum Gasteiger partial charge on any atom is 0.253 e. The van der Waals surface area contributed by atoms with Crippen LogP contribution in [0.15, 0.2) is 42.5 Å². The number of benzene rings is 2. The number of hydrogen-bond donors (Lipinski definition) is 2. The summed E-state index contributed by atoms with van der Waals surface area (Å²) in [4.78, 5) is 24.4. The van der Waals surface area contributed by atoms with Gasteiger partial charge in [0.1, 0.15) is 6.04 Å². The lowest BCUT2D eigenvalue weighted by molar-refractivity contribution is -0.117. The van der Waals surface area contributed by atoms with Gasteiger partial charge >= 0.3 is 0 Å². The monoisotopic (exact) mass is 330 g/mol. The minimum atomic E-state index is -0.682. The van der Waals surface area contributed by atoms with E-state index in [0.29, 0.717) is 10.6 Å². The summed E-state index contributed by atoms with van der Waals surface area (Å²) >= 11 is 5.99. The van der Waals surface area contributed by atoms with Crippen LogP contribution in [0.25, 0.3) is 0 Å². The van der Waals surface area contributed by atoms with Gasteiger partial charge in [0.2, 0.25) is 5.91 Å². The van der Waals surface area contributed by atoms with Gasteiger partial charge in [0.05, 0.1) is 10.6 Å². The Labute approximate surface area is 140 Å². The minimum absolute atomic E-state index is 0.279. The molecule has 0 bridgehead atoms. The molecule has 0 saturated heterocycles. The number of hydrogen-bond acceptors (Lipinski definition) is 2. The first-order valence-corrected chi connectivity index (χ1v) is 7.70. The predicted molar refractivity (Wildman–Crippen MR) is 92.9 cm³/mol. The molecule has 2 amide bonds. The Morgan fingerprint density at radius 3 is 2.43 bits per heavy atom. The molecule has 0 fully saturated rings. The number of carbonyl (C=O) groups excluding carboxylic acids is 2. The molecule has 0 aromatic heterocycles. The van der Waals surface area contributed by atoms with E-state index in [0.717, 1.165) is 16.8 Å². The van der Waals surface area contributed by atoms with E-state index in [4.69, 9.17) is 11.6 Å². The standard InChI is InChI=1S/C18H19ClN2O2/c1-11-7-6-10-16(12(11)2)21-17(22)13(3)20-18(23)14-8-4-5-9-15(14)19/h4-10,13H,1-3H3,(H,20,23)(H,21,22). The van der Waals surface area contributed by atoms with Crippen molar-refractivity contribution in [3.05, 3.63) is 64.2 Å².